The van der Waals surface area contributed by atoms with E-state index in [0.717, 1.165) is 0 Å². The summed E-state index contributed by atoms with van der Waals surface area (Å²) in [6.45, 7) is 1.60. The van der Waals surface area contributed by atoms with E-state index in [4.69, 9.17) is 15.9 Å². The molecule has 0 radical (unpaired) electrons. The van der Waals surface area contributed by atoms with Crippen LogP contribution in [0, 0.1) is 0 Å². The summed E-state index contributed by atoms with van der Waals surface area (Å²) in [6.07, 6.45) is -1.86. The highest BCUT2D eigenvalue weighted by atomic mass is 16.4. The van der Waals surface area contributed by atoms with Gasteiger partial charge in [0.1, 0.15) is 0 Å². The molecule has 0 fully saturated rings. The van der Waals surface area contributed by atoms with Crippen LogP contribution in [-0.4, -0.2) is 34.4 Å². The zero-order valence-corrected chi connectivity index (χ0v) is 6.65. The van der Waals surface area contributed by atoms with Gasteiger partial charge in [0.05, 0.1) is 0 Å². The fraction of sp³-hybridized carbons (Fsp3) is 0.667. The van der Waals surface area contributed by atoms with Crippen molar-refractivity contribution < 1.29 is 19.8 Å². The number of nitrogens with two attached hydrogens (primary N) is 1. The summed E-state index contributed by atoms with van der Waals surface area (Å²) in [7, 11) is 0. The quantitative estimate of drug-likeness (QED) is 0.379. The zero-order chi connectivity index (χ0) is 9.72. The molecule has 0 aromatic heterocycles. The number of hydrogen-bond donors (Lipinski definition) is 4. The SMILES string of the molecule is CC(N)CC(=O)NC(O)C(=O)O. The minimum atomic E-state index is -1.85. The van der Waals surface area contributed by atoms with E-state index >= 15 is 0 Å². The number of aliphatic hydroxyl groups is 1. The molecular formula is C6H12N2O4. The predicted molar refractivity (Wildman–Crippen MR) is 40.1 cm³/mol. The van der Waals surface area contributed by atoms with Gasteiger partial charge in [-0.15, -0.1) is 0 Å². The molecule has 0 spiro atoms. The Morgan fingerprint density at radius 3 is 2.42 bits per heavy atom. The number of aliphatic carboxylic acids is 1. The highest BCUT2D eigenvalue weighted by Crippen LogP contribution is 1.87. The van der Waals surface area contributed by atoms with Crippen LogP contribution in [0.5, 0.6) is 0 Å². The van der Waals surface area contributed by atoms with E-state index < -0.39 is 18.1 Å². The van der Waals surface area contributed by atoms with Crippen molar-refractivity contribution >= 4 is 11.9 Å². The van der Waals surface area contributed by atoms with Crippen molar-refractivity contribution in [2.45, 2.75) is 25.6 Å². The van der Waals surface area contributed by atoms with Crippen LogP contribution in [0.25, 0.3) is 0 Å². The van der Waals surface area contributed by atoms with Gasteiger partial charge in [0.25, 0.3) is 0 Å². The number of rotatable bonds is 4. The van der Waals surface area contributed by atoms with Crippen molar-refractivity contribution in [2.75, 3.05) is 0 Å². The van der Waals surface area contributed by atoms with Gasteiger partial charge >= 0.3 is 5.97 Å². The molecule has 0 aliphatic heterocycles. The maximum Gasteiger partial charge on any atom is 0.353 e. The first-order chi connectivity index (χ1) is 5.43. The number of carboxylic acids is 1. The molecule has 6 heteroatoms. The van der Waals surface area contributed by atoms with E-state index in [1.54, 1.807) is 6.92 Å². The molecule has 12 heavy (non-hydrogen) atoms. The Balaban J connectivity index is 3.77. The van der Waals surface area contributed by atoms with E-state index in [2.05, 4.69) is 0 Å². The number of nitrogens with one attached hydrogen (secondary N) is 1. The molecule has 0 aromatic carbocycles. The smallest absolute Gasteiger partial charge is 0.353 e. The monoisotopic (exact) mass is 176 g/mol. The molecule has 6 nitrogen and oxygen atoms in total. The lowest BCUT2D eigenvalue weighted by atomic mass is 10.2. The summed E-state index contributed by atoms with van der Waals surface area (Å²) in [5.74, 6) is -2.08. The third kappa shape index (κ3) is 4.64. The summed E-state index contributed by atoms with van der Waals surface area (Å²) < 4.78 is 0. The minimum absolute atomic E-state index is 0.00958. The summed E-state index contributed by atoms with van der Waals surface area (Å²) in [6, 6.07) is -0.356. The van der Waals surface area contributed by atoms with Crippen LogP contribution in [0.15, 0.2) is 0 Å². The first-order valence-corrected chi connectivity index (χ1v) is 3.39. The highest BCUT2D eigenvalue weighted by molar-refractivity contribution is 5.82. The van der Waals surface area contributed by atoms with Crippen molar-refractivity contribution in [3.8, 4) is 0 Å². The van der Waals surface area contributed by atoms with Crippen molar-refractivity contribution in [3.05, 3.63) is 0 Å². The van der Waals surface area contributed by atoms with Gasteiger partial charge in [-0.25, -0.2) is 4.79 Å². The first kappa shape index (κ1) is 10.9. The Hall–Kier alpha value is -1.14. The van der Waals surface area contributed by atoms with Crippen LogP contribution in [0.2, 0.25) is 0 Å². The van der Waals surface area contributed by atoms with E-state index in [9.17, 15) is 9.59 Å². The van der Waals surface area contributed by atoms with Crippen LogP contribution in [0.1, 0.15) is 13.3 Å². The number of amides is 1. The lowest BCUT2D eigenvalue weighted by molar-refractivity contribution is -0.151. The summed E-state index contributed by atoms with van der Waals surface area (Å²) >= 11 is 0. The molecule has 0 aliphatic rings. The number of aliphatic hydroxyl groups excluding tert-OH is 1. The maximum absolute atomic E-state index is 10.8. The number of carbonyl (C=O) groups is 2. The molecule has 1 amide bonds. The molecule has 2 unspecified atom stereocenters. The fourth-order valence-electron chi connectivity index (χ4n) is 0.566. The second-order valence-corrected chi connectivity index (χ2v) is 2.49. The normalized spacial score (nSPS) is 14.9. The average Bonchev–Trinajstić information content (AvgIpc) is 1.84. The Morgan fingerprint density at radius 2 is 2.08 bits per heavy atom. The maximum atomic E-state index is 10.8. The molecule has 0 rings (SSSR count). The van der Waals surface area contributed by atoms with Gasteiger partial charge in [0.15, 0.2) is 0 Å². The van der Waals surface area contributed by atoms with Crippen LogP contribution in [-0.2, 0) is 9.59 Å². The summed E-state index contributed by atoms with van der Waals surface area (Å²) in [5.41, 5.74) is 5.26. The Morgan fingerprint density at radius 1 is 1.58 bits per heavy atom. The van der Waals surface area contributed by atoms with Crippen LogP contribution < -0.4 is 11.1 Å². The third-order valence-electron chi connectivity index (χ3n) is 1.04. The number of carboxylic acid groups (broad SMARTS) is 1. The molecular weight excluding hydrogens is 164 g/mol. The van der Waals surface area contributed by atoms with Crippen LogP contribution >= 0.6 is 0 Å². The topological polar surface area (TPSA) is 113 Å². The van der Waals surface area contributed by atoms with Crippen molar-refractivity contribution in [2.24, 2.45) is 5.73 Å². The number of carbonyl (C=O) groups excluding carboxylic acids is 1. The zero-order valence-electron chi connectivity index (χ0n) is 6.65. The van der Waals surface area contributed by atoms with Crippen LogP contribution in [0.4, 0.5) is 0 Å². The van der Waals surface area contributed by atoms with Gasteiger partial charge < -0.3 is 21.3 Å². The highest BCUT2D eigenvalue weighted by Gasteiger charge is 2.16. The third-order valence-corrected chi connectivity index (χ3v) is 1.04. The van der Waals surface area contributed by atoms with Crippen LogP contribution in [0.3, 0.4) is 0 Å². The molecule has 70 valence electrons. The molecule has 2 atom stereocenters. The molecule has 5 N–H and O–H groups in total. The van der Waals surface area contributed by atoms with Crippen molar-refractivity contribution in [1.82, 2.24) is 5.32 Å². The van der Waals surface area contributed by atoms with Gasteiger partial charge in [-0.1, -0.05) is 0 Å². The van der Waals surface area contributed by atoms with E-state index in [-0.39, 0.29) is 12.5 Å². The van der Waals surface area contributed by atoms with Gasteiger partial charge in [0, 0.05) is 12.5 Å². The lowest BCUT2D eigenvalue weighted by Crippen LogP contribution is -2.42. The largest absolute Gasteiger partial charge is 0.478 e. The minimum Gasteiger partial charge on any atom is -0.478 e. The summed E-state index contributed by atoms with van der Waals surface area (Å²) in [4.78, 5) is 20.8. The Bertz CT molecular complexity index is 180. The second kappa shape index (κ2) is 4.68. The second-order valence-electron chi connectivity index (χ2n) is 2.49. The Kier molecular flexibility index (Phi) is 4.24. The number of hydrogen-bond acceptors (Lipinski definition) is 4. The van der Waals surface area contributed by atoms with E-state index in [1.165, 1.54) is 0 Å². The fourth-order valence-corrected chi connectivity index (χ4v) is 0.566. The standard InChI is InChI=1S/C6H12N2O4/c1-3(7)2-4(9)8-5(10)6(11)12/h3,5,10H,2,7H2,1H3,(H,8,9)(H,11,12). The van der Waals surface area contributed by atoms with E-state index in [0.29, 0.717) is 0 Å². The van der Waals surface area contributed by atoms with Gasteiger partial charge in [0.2, 0.25) is 12.1 Å². The van der Waals surface area contributed by atoms with Gasteiger partial charge in [-0.05, 0) is 6.92 Å². The van der Waals surface area contributed by atoms with Gasteiger partial charge in [-0.3, -0.25) is 4.79 Å². The van der Waals surface area contributed by atoms with Gasteiger partial charge in [-0.2, -0.15) is 0 Å². The first-order valence-electron chi connectivity index (χ1n) is 3.39. The molecule has 0 saturated heterocycles. The Labute approximate surface area is 69.4 Å². The molecule has 0 saturated carbocycles. The summed E-state index contributed by atoms with van der Waals surface area (Å²) in [5, 5.41) is 18.7. The molecule has 0 bridgehead atoms. The lowest BCUT2D eigenvalue weighted by Gasteiger charge is -2.09. The van der Waals surface area contributed by atoms with E-state index in [1.807, 2.05) is 5.32 Å². The molecule has 0 aliphatic carbocycles. The van der Waals surface area contributed by atoms with Crippen molar-refractivity contribution in [1.29, 1.82) is 0 Å². The van der Waals surface area contributed by atoms with Crippen molar-refractivity contribution in [3.63, 3.8) is 0 Å². The predicted octanol–water partition coefficient (Wildman–Crippen LogP) is -1.76. The molecule has 0 aromatic rings. The molecule has 0 heterocycles. The average molecular weight is 176 g/mol.